The normalized spacial score (nSPS) is 23.1. The van der Waals surface area contributed by atoms with Gasteiger partial charge in [0.15, 0.2) is 0 Å². The molecule has 0 spiro atoms. The van der Waals surface area contributed by atoms with Gasteiger partial charge in [-0.25, -0.2) is 0 Å². The van der Waals surface area contributed by atoms with E-state index < -0.39 is 0 Å². The molecule has 1 N–H and O–H groups in total. The number of alkyl halides is 1. The number of carbonyl (C=O) groups excluding carboxylic acids is 1. The molecule has 16 heavy (non-hydrogen) atoms. The van der Waals surface area contributed by atoms with Crippen molar-refractivity contribution in [3.63, 3.8) is 0 Å². The van der Waals surface area contributed by atoms with Crippen LogP contribution in [-0.4, -0.2) is 28.3 Å². The second-order valence-electron chi connectivity index (χ2n) is 5.61. The van der Waals surface area contributed by atoms with Gasteiger partial charge >= 0.3 is 0 Å². The molecule has 0 aromatic heterocycles. The smallest absolute Gasteiger partial charge is 0.233 e. The maximum atomic E-state index is 11.8. The van der Waals surface area contributed by atoms with Crippen LogP contribution in [-0.2, 0) is 4.79 Å². The first-order chi connectivity index (χ1) is 7.38. The topological polar surface area (TPSA) is 29.1 Å². The highest BCUT2D eigenvalue weighted by Crippen LogP contribution is 2.27. The Labute approximate surface area is 111 Å². The lowest BCUT2D eigenvalue weighted by atomic mass is 9.90. The van der Waals surface area contributed by atoms with Gasteiger partial charge in [0.25, 0.3) is 0 Å². The summed E-state index contributed by atoms with van der Waals surface area (Å²) >= 11 is 5.42. The molecular weight excluding hydrogens is 286 g/mol. The molecule has 0 radical (unpaired) electrons. The second kappa shape index (κ2) is 6.29. The first kappa shape index (κ1) is 14.4. The highest BCUT2D eigenvalue weighted by atomic mass is 79.9. The Morgan fingerprint density at radius 3 is 2.75 bits per heavy atom. The van der Waals surface area contributed by atoms with E-state index in [4.69, 9.17) is 0 Å². The SMILES string of the molecule is CC(C)(C)CC(Br)CNC(=O)C1CCCS1. The standard InChI is InChI=1S/C12H22BrNOS/c1-12(2,3)7-9(13)8-14-11(15)10-5-4-6-16-10/h9-10H,4-8H2,1-3H3,(H,14,15). The summed E-state index contributed by atoms with van der Waals surface area (Å²) in [5, 5.41) is 3.24. The monoisotopic (exact) mass is 307 g/mol. The Morgan fingerprint density at radius 1 is 1.56 bits per heavy atom. The predicted octanol–water partition coefficient (Wildman–Crippen LogP) is 3.20. The largest absolute Gasteiger partial charge is 0.354 e. The lowest BCUT2D eigenvalue weighted by molar-refractivity contribution is -0.120. The quantitative estimate of drug-likeness (QED) is 0.808. The van der Waals surface area contributed by atoms with Crippen LogP contribution in [0.25, 0.3) is 0 Å². The maximum Gasteiger partial charge on any atom is 0.233 e. The summed E-state index contributed by atoms with van der Waals surface area (Å²) in [7, 11) is 0. The second-order valence-corrected chi connectivity index (χ2v) is 8.21. The lowest BCUT2D eigenvalue weighted by Gasteiger charge is -2.22. The minimum Gasteiger partial charge on any atom is -0.354 e. The molecule has 1 amide bonds. The van der Waals surface area contributed by atoms with E-state index in [9.17, 15) is 4.79 Å². The van der Waals surface area contributed by atoms with Crippen molar-refractivity contribution in [3.8, 4) is 0 Å². The molecule has 0 saturated carbocycles. The molecule has 2 unspecified atom stereocenters. The van der Waals surface area contributed by atoms with Crippen molar-refractivity contribution in [2.45, 2.75) is 50.1 Å². The fraction of sp³-hybridized carbons (Fsp3) is 0.917. The van der Waals surface area contributed by atoms with Crippen molar-refractivity contribution in [2.75, 3.05) is 12.3 Å². The van der Waals surface area contributed by atoms with Crippen molar-refractivity contribution < 1.29 is 4.79 Å². The first-order valence-corrected chi connectivity index (χ1v) is 7.88. The molecule has 1 aliphatic rings. The molecule has 2 nitrogen and oxygen atoms in total. The fourth-order valence-electron chi connectivity index (χ4n) is 1.85. The van der Waals surface area contributed by atoms with Gasteiger partial charge in [0.2, 0.25) is 5.91 Å². The number of hydrogen-bond donors (Lipinski definition) is 1. The lowest BCUT2D eigenvalue weighted by Crippen LogP contribution is -2.36. The maximum absolute atomic E-state index is 11.8. The van der Waals surface area contributed by atoms with Gasteiger partial charge in [0.1, 0.15) is 0 Å². The van der Waals surface area contributed by atoms with Crippen molar-refractivity contribution >= 4 is 33.6 Å². The van der Waals surface area contributed by atoms with Crippen LogP contribution < -0.4 is 5.32 Å². The summed E-state index contributed by atoms with van der Waals surface area (Å²) in [4.78, 5) is 12.1. The number of rotatable bonds is 4. The summed E-state index contributed by atoms with van der Waals surface area (Å²) in [6.45, 7) is 7.40. The van der Waals surface area contributed by atoms with Crippen LogP contribution in [0.4, 0.5) is 0 Å². The molecule has 1 aliphatic heterocycles. The summed E-state index contributed by atoms with van der Waals surface area (Å²) in [6.07, 6.45) is 3.30. The van der Waals surface area contributed by atoms with Crippen LogP contribution in [0, 0.1) is 5.41 Å². The minimum absolute atomic E-state index is 0.203. The van der Waals surface area contributed by atoms with Gasteiger partial charge in [0.05, 0.1) is 5.25 Å². The van der Waals surface area contributed by atoms with Crippen LogP contribution in [0.15, 0.2) is 0 Å². The zero-order chi connectivity index (χ0) is 12.2. The molecule has 2 atom stereocenters. The molecule has 4 heteroatoms. The van der Waals surface area contributed by atoms with E-state index in [-0.39, 0.29) is 11.2 Å². The van der Waals surface area contributed by atoms with Crippen LogP contribution in [0.2, 0.25) is 0 Å². The van der Waals surface area contributed by atoms with Gasteiger partial charge in [-0.3, -0.25) is 4.79 Å². The predicted molar refractivity (Wildman–Crippen MR) is 75.3 cm³/mol. The number of halogens is 1. The molecule has 1 rings (SSSR count). The third kappa shape index (κ3) is 5.58. The van der Waals surface area contributed by atoms with Crippen molar-refractivity contribution in [2.24, 2.45) is 5.41 Å². The average molecular weight is 308 g/mol. The zero-order valence-electron chi connectivity index (χ0n) is 10.4. The Morgan fingerprint density at radius 2 is 2.25 bits per heavy atom. The van der Waals surface area contributed by atoms with Crippen LogP contribution in [0.1, 0.15) is 40.0 Å². The van der Waals surface area contributed by atoms with Gasteiger partial charge in [-0.05, 0) is 30.4 Å². The third-order valence-corrected chi connectivity index (χ3v) is 4.58. The van der Waals surface area contributed by atoms with Crippen molar-refractivity contribution in [3.05, 3.63) is 0 Å². The van der Waals surface area contributed by atoms with Gasteiger partial charge in [-0.1, -0.05) is 36.7 Å². The van der Waals surface area contributed by atoms with E-state index in [1.54, 1.807) is 11.8 Å². The minimum atomic E-state index is 0.203. The number of hydrogen-bond acceptors (Lipinski definition) is 2. The molecule has 94 valence electrons. The molecule has 1 fully saturated rings. The van der Waals surface area contributed by atoms with E-state index in [1.807, 2.05) is 0 Å². The number of thioether (sulfide) groups is 1. The number of carbonyl (C=O) groups is 1. The van der Waals surface area contributed by atoms with E-state index >= 15 is 0 Å². The molecule has 0 aromatic rings. The summed E-state index contributed by atoms with van der Waals surface area (Å²) in [5.41, 5.74) is 0.307. The van der Waals surface area contributed by atoms with Crippen LogP contribution >= 0.6 is 27.7 Å². The van der Waals surface area contributed by atoms with Gasteiger partial charge in [-0.2, -0.15) is 0 Å². The molecule has 0 bridgehead atoms. The average Bonchev–Trinajstić information content (AvgIpc) is 2.64. The molecule has 0 aliphatic carbocycles. The van der Waals surface area contributed by atoms with Crippen molar-refractivity contribution in [1.82, 2.24) is 5.32 Å². The highest BCUT2D eigenvalue weighted by molar-refractivity contribution is 9.09. The Hall–Kier alpha value is 0.300. The van der Waals surface area contributed by atoms with E-state index in [1.165, 1.54) is 6.42 Å². The van der Waals surface area contributed by atoms with Crippen LogP contribution in [0.3, 0.4) is 0 Å². The Bertz CT molecular complexity index is 234. The number of nitrogens with one attached hydrogen (secondary N) is 1. The van der Waals surface area contributed by atoms with E-state index in [0.29, 0.717) is 10.2 Å². The molecule has 0 aromatic carbocycles. The summed E-state index contributed by atoms with van der Waals surface area (Å²) < 4.78 is 0. The van der Waals surface area contributed by atoms with Gasteiger partial charge in [-0.15, -0.1) is 11.8 Å². The highest BCUT2D eigenvalue weighted by Gasteiger charge is 2.24. The van der Waals surface area contributed by atoms with Crippen LogP contribution in [0.5, 0.6) is 0 Å². The van der Waals surface area contributed by atoms with E-state index in [2.05, 4.69) is 42.0 Å². The van der Waals surface area contributed by atoms with Gasteiger partial charge in [0, 0.05) is 11.4 Å². The Kier molecular flexibility index (Phi) is 5.65. The third-order valence-electron chi connectivity index (χ3n) is 2.55. The summed E-state index contributed by atoms with van der Waals surface area (Å²) in [6, 6.07) is 0. The molecule has 1 heterocycles. The van der Waals surface area contributed by atoms with Crippen molar-refractivity contribution in [1.29, 1.82) is 0 Å². The molecular formula is C12H22BrNOS. The van der Waals surface area contributed by atoms with Gasteiger partial charge < -0.3 is 5.32 Å². The summed E-state index contributed by atoms with van der Waals surface area (Å²) in [5.74, 6) is 1.36. The number of amides is 1. The molecule has 1 saturated heterocycles. The zero-order valence-corrected chi connectivity index (χ0v) is 12.8. The fourth-order valence-corrected chi connectivity index (χ4v) is 4.17. The first-order valence-electron chi connectivity index (χ1n) is 5.92. The van der Waals surface area contributed by atoms with E-state index in [0.717, 1.165) is 25.1 Å². The Balaban J connectivity index is 2.20.